The van der Waals surface area contributed by atoms with Crippen LogP contribution in [0.1, 0.15) is 29.8 Å². The maximum absolute atomic E-state index is 13.2. The molecular formula is C29H29N3O5S. The zero-order valence-corrected chi connectivity index (χ0v) is 22.1. The second-order valence-electron chi connectivity index (χ2n) is 9.40. The summed E-state index contributed by atoms with van der Waals surface area (Å²) >= 11 is 0. The van der Waals surface area contributed by atoms with Crippen LogP contribution in [0.4, 0.5) is 16.2 Å². The van der Waals surface area contributed by atoms with Gasteiger partial charge in [-0.05, 0) is 76.7 Å². The number of carboxylic acids is 1. The monoisotopic (exact) mass is 531 g/mol. The molecule has 0 saturated heterocycles. The van der Waals surface area contributed by atoms with Gasteiger partial charge >= 0.3 is 12.0 Å². The molecule has 4 aromatic rings. The van der Waals surface area contributed by atoms with E-state index in [1.165, 1.54) is 36.4 Å². The number of amides is 2. The van der Waals surface area contributed by atoms with Crippen molar-refractivity contribution in [3.8, 4) is 11.1 Å². The van der Waals surface area contributed by atoms with Crippen molar-refractivity contribution in [3.05, 3.63) is 90.0 Å². The zero-order valence-electron chi connectivity index (χ0n) is 21.3. The molecule has 0 spiro atoms. The van der Waals surface area contributed by atoms with Crippen LogP contribution in [0.25, 0.3) is 21.9 Å². The Morgan fingerprint density at radius 3 is 2.24 bits per heavy atom. The SMILES string of the molecule is Cc1ccc(-c2ccc(C(=O)O)c(NS(=O)(=O)c3ccc(NC(=O)NCC(C)C)cc3)c2)c2ccccc12. The number of nitrogens with one attached hydrogen (secondary N) is 3. The Morgan fingerprint density at radius 1 is 0.895 bits per heavy atom. The number of urea groups is 1. The molecule has 0 unspecified atom stereocenters. The summed E-state index contributed by atoms with van der Waals surface area (Å²) in [5.41, 5.74) is 2.84. The van der Waals surface area contributed by atoms with E-state index in [1.54, 1.807) is 6.07 Å². The van der Waals surface area contributed by atoms with Crippen molar-refractivity contribution in [1.82, 2.24) is 5.32 Å². The smallest absolute Gasteiger partial charge is 0.337 e. The molecular weight excluding hydrogens is 502 g/mol. The molecule has 4 N–H and O–H groups in total. The number of rotatable bonds is 8. The molecule has 2 amide bonds. The second kappa shape index (κ2) is 10.9. The number of aromatic carboxylic acids is 1. The molecule has 0 aromatic heterocycles. The van der Waals surface area contributed by atoms with Gasteiger partial charge in [-0.1, -0.05) is 56.3 Å². The molecule has 38 heavy (non-hydrogen) atoms. The number of anilines is 2. The maximum Gasteiger partial charge on any atom is 0.337 e. The molecule has 4 rings (SSSR count). The molecule has 0 heterocycles. The van der Waals surface area contributed by atoms with Gasteiger partial charge in [0.2, 0.25) is 0 Å². The number of sulfonamides is 1. The third-order valence-electron chi connectivity index (χ3n) is 6.04. The standard InChI is InChI=1S/C29H29N3O5S/c1-18(2)17-30-29(35)31-21-10-12-22(13-11-21)38(36,37)32-27-16-20(9-15-26(27)28(33)34)24-14-8-19(3)23-6-4-5-7-25(23)24/h4-16,18,32H,17H2,1-3H3,(H,33,34)(H2,30,31,35). The Labute approximate surface area is 221 Å². The second-order valence-corrected chi connectivity index (χ2v) is 11.1. The van der Waals surface area contributed by atoms with E-state index < -0.39 is 16.0 Å². The van der Waals surface area contributed by atoms with Crippen molar-refractivity contribution < 1.29 is 23.1 Å². The minimum absolute atomic E-state index is 0.0464. The Hall–Kier alpha value is -4.37. The number of carboxylic acid groups (broad SMARTS) is 1. The quantitative estimate of drug-likeness (QED) is 0.219. The topological polar surface area (TPSA) is 125 Å². The fourth-order valence-corrected chi connectivity index (χ4v) is 5.15. The molecule has 0 radical (unpaired) electrons. The fraction of sp³-hybridized carbons (Fsp3) is 0.172. The molecule has 0 aliphatic carbocycles. The number of fused-ring (bicyclic) bond motifs is 1. The lowest BCUT2D eigenvalue weighted by atomic mass is 9.94. The molecule has 0 fully saturated rings. The summed E-state index contributed by atoms with van der Waals surface area (Å²) in [6, 6.07) is 21.6. The fourth-order valence-electron chi connectivity index (χ4n) is 4.08. The van der Waals surface area contributed by atoms with Gasteiger partial charge in [0.05, 0.1) is 16.1 Å². The highest BCUT2D eigenvalue weighted by molar-refractivity contribution is 7.92. The average molecular weight is 532 g/mol. The number of carbonyl (C=O) groups is 2. The molecule has 0 atom stereocenters. The third-order valence-corrected chi connectivity index (χ3v) is 7.42. The van der Waals surface area contributed by atoms with E-state index in [4.69, 9.17) is 0 Å². The Kier molecular flexibility index (Phi) is 7.68. The van der Waals surface area contributed by atoms with Gasteiger partial charge in [0.15, 0.2) is 0 Å². The van der Waals surface area contributed by atoms with Crippen molar-refractivity contribution in [1.29, 1.82) is 0 Å². The molecule has 0 aliphatic heterocycles. The summed E-state index contributed by atoms with van der Waals surface area (Å²) in [4.78, 5) is 23.8. The highest BCUT2D eigenvalue weighted by Crippen LogP contribution is 2.34. The van der Waals surface area contributed by atoms with Crippen LogP contribution >= 0.6 is 0 Å². The molecule has 196 valence electrons. The summed E-state index contributed by atoms with van der Waals surface area (Å²) in [5, 5.41) is 17.1. The summed E-state index contributed by atoms with van der Waals surface area (Å²) in [6.45, 7) is 6.46. The van der Waals surface area contributed by atoms with Crippen molar-refractivity contribution in [3.63, 3.8) is 0 Å². The van der Waals surface area contributed by atoms with E-state index in [0.29, 0.717) is 23.7 Å². The molecule has 4 aromatic carbocycles. The van der Waals surface area contributed by atoms with Gasteiger partial charge in [0.1, 0.15) is 0 Å². The number of hydrogen-bond donors (Lipinski definition) is 4. The summed E-state index contributed by atoms with van der Waals surface area (Å²) in [5.74, 6) is -0.965. The van der Waals surface area contributed by atoms with E-state index in [0.717, 1.165) is 21.9 Å². The van der Waals surface area contributed by atoms with E-state index in [9.17, 15) is 23.1 Å². The number of aryl methyl sites for hydroxylation is 1. The summed E-state index contributed by atoms with van der Waals surface area (Å²) in [7, 11) is -4.13. The van der Waals surface area contributed by atoms with E-state index >= 15 is 0 Å². The lowest BCUT2D eigenvalue weighted by Gasteiger charge is -2.15. The number of carbonyl (C=O) groups excluding carboxylic acids is 1. The van der Waals surface area contributed by atoms with Gasteiger partial charge in [-0.25, -0.2) is 18.0 Å². The van der Waals surface area contributed by atoms with Crippen LogP contribution in [0.5, 0.6) is 0 Å². The van der Waals surface area contributed by atoms with Crippen molar-refractivity contribution in [2.24, 2.45) is 5.92 Å². The van der Waals surface area contributed by atoms with Gasteiger partial charge in [0, 0.05) is 12.2 Å². The maximum atomic E-state index is 13.2. The van der Waals surface area contributed by atoms with Crippen molar-refractivity contribution in [2.75, 3.05) is 16.6 Å². The molecule has 0 bridgehead atoms. The highest BCUT2D eigenvalue weighted by atomic mass is 32.2. The largest absolute Gasteiger partial charge is 0.478 e. The Bertz CT molecular complexity index is 1610. The van der Waals surface area contributed by atoms with Gasteiger partial charge in [-0.2, -0.15) is 0 Å². The first-order chi connectivity index (χ1) is 18.0. The van der Waals surface area contributed by atoms with E-state index in [1.807, 2.05) is 57.2 Å². The van der Waals surface area contributed by atoms with Gasteiger partial charge in [-0.15, -0.1) is 0 Å². The zero-order chi connectivity index (χ0) is 27.4. The summed E-state index contributed by atoms with van der Waals surface area (Å²) < 4.78 is 28.8. The van der Waals surface area contributed by atoms with Crippen LogP contribution in [-0.2, 0) is 10.0 Å². The van der Waals surface area contributed by atoms with E-state index in [2.05, 4.69) is 15.4 Å². The van der Waals surface area contributed by atoms with Crippen LogP contribution < -0.4 is 15.4 Å². The van der Waals surface area contributed by atoms with Crippen molar-refractivity contribution in [2.45, 2.75) is 25.7 Å². The minimum Gasteiger partial charge on any atom is -0.478 e. The lowest BCUT2D eigenvalue weighted by Crippen LogP contribution is -2.31. The van der Waals surface area contributed by atoms with Gasteiger partial charge in [-0.3, -0.25) is 4.72 Å². The predicted octanol–water partition coefficient (Wildman–Crippen LogP) is 6.09. The van der Waals surface area contributed by atoms with Crippen LogP contribution in [0.2, 0.25) is 0 Å². The van der Waals surface area contributed by atoms with Gasteiger partial charge < -0.3 is 15.7 Å². The highest BCUT2D eigenvalue weighted by Gasteiger charge is 2.20. The first kappa shape index (κ1) is 26.7. The number of benzene rings is 4. The van der Waals surface area contributed by atoms with Crippen molar-refractivity contribution >= 4 is 44.2 Å². The molecule has 0 saturated carbocycles. The van der Waals surface area contributed by atoms with Crippen LogP contribution in [0.3, 0.4) is 0 Å². The molecule has 9 heteroatoms. The third kappa shape index (κ3) is 5.95. The Morgan fingerprint density at radius 2 is 1.58 bits per heavy atom. The minimum atomic E-state index is -4.13. The van der Waals surface area contributed by atoms with Crippen LogP contribution in [-0.4, -0.2) is 32.1 Å². The normalized spacial score (nSPS) is 11.4. The first-order valence-electron chi connectivity index (χ1n) is 12.1. The molecule has 0 aliphatic rings. The number of hydrogen-bond acceptors (Lipinski definition) is 4. The Balaban J connectivity index is 1.64. The lowest BCUT2D eigenvalue weighted by molar-refractivity contribution is 0.0698. The predicted molar refractivity (Wildman–Crippen MR) is 150 cm³/mol. The summed E-state index contributed by atoms with van der Waals surface area (Å²) in [6.07, 6.45) is 0. The van der Waals surface area contributed by atoms with Crippen LogP contribution in [0.15, 0.2) is 83.8 Å². The van der Waals surface area contributed by atoms with Gasteiger partial charge in [0.25, 0.3) is 10.0 Å². The van der Waals surface area contributed by atoms with Crippen LogP contribution in [0, 0.1) is 12.8 Å². The average Bonchev–Trinajstić information content (AvgIpc) is 2.88. The van der Waals surface area contributed by atoms with E-state index in [-0.39, 0.29) is 22.2 Å². The first-order valence-corrected chi connectivity index (χ1v) is 13.6. The molecule has 8 nitrogen and oxygen atoms in total.